The molecule has 0 N–H and O–H groups in total. The van der Waals surface area contributed by atoms with Crippen LogP contribution in [0.2, 0.25) is 0 Å². The molecule has 0 aromatic heterocycles. The number of hydrogen-bond acceptors (Lipinski definition) is 2. The van der Waals surface area contributed by atoms with E-state index in [0.29, 0.717) is 18.4 Å². The molecule has 0 fully saturated rings. The van der Waals surface area contributed by atoms with Crippen LogP contribution in [-0.2, 0) is 0 Å². The van der Waals surface area contributed by atoms with Crippen LogP contribution >= 0.6 is 0 Å². The molecule has 0 saturated heterocycles. The number of nitrogens with zero attached hydrogens (tertiary/aromatic N) is 2. The predicted molar refractivity (Wildman–Crippen MR) is 93.9 cm³/mol. The first-order valence-electron chi connectivity index (χ1n) is 7.55. The monoisotopic (exact) mass is 298 g/mol. The van der Waals surface area contributed by atoms with Gasteiger partial charge in [0.2, 0.25) is 0 Å². The lowest BCUT2D eigenvalue weighted by atomic mass is 9.97. The topological polar surface area (TPSA) is 47.6 Å². The Labute approximate surface area is 137 Å². The first-order chi connectivity index (χ1) is 11.2. The van der Waals surface area contributed by atoms with Crippen LogP contribution in [0.15, 0.2) is 71.8 Å². The zero-order valence-electron chi connectivity index (χ0n) is 13.2. The molecule has 0 heterocycles. The minimum absolute atomic E-state index is 0.634. The van der Waals surface area contributed by atoms with E-state index < -0.39 is 0 Å². The number of benzene rings is 2. The summed E-state index contributed by atoms with van der Waals surface area (Å²) in [6.07, 6.45) is 3.24. The van der Waals surface area contributed by atoms with E-state index in [4.69, 9.17) is 0 Å². The molecule has 0 spiro atoms. The van der Waals surface area contributed by atoms with Crippen molar-refractivity contribution in [2.75, 3.05) is 0 Å². The standard InChI is InChI=1S/C21H18N2/c1-17(21(16-23)20-10-6-3-7-11-20)12-13-19(15-22)14-18-8-4-2-5-9-18/h2-11,14H,12-13H2,1H3. The van der Waals surface area contributed by atoms with Crippen LogP contribution in [0.25, 0.3) is 11.6 Å². The first kappa shape index (κ1) is 16.3. The van der Waals surface area contributed by atoms with Crippen molar-refractivity contribution < 1.29 is 0 Å². The van der Waals surface area contributed by atoms with Crippen LogP contribution in [0.3, 0.4) is 0 Å². The summed E-state index contributed by atoms with van der Waals surface area (Å²) in [5, 5.41) is 18.7. The van der Waals surface area contributed by atoms with Gasteiger partial charge in [0, 0.05) is 5.57 Å². The molecule has 23 heavy (non-hydrogen) atoms. The van der Waals surface area contributed by atoms with Crippen molar-refractivity contribution in [1.29, 1.82) is 10.5 Å². The van der Waals surface area contributed by atoms with Crippen molar-refractivity contribution in [2.45, 2.75) is 19.8 Å². The highest BCUT2D eigenvalue weighted by atomic mass is 14.3. The smallest absolute Gasteiger partial charge is 0.0997 e. The Kier molecular flexibility index (Phi) is 5.92. The molecule has 0 bridgehead atoms. The van der Waals surface area contributed by atoms with E-state index in [9.17, 15) is 10.5 Å². The normalized spacial score (nSPS) is 12.0. The van der Waals surface area contributed by atoms with Gasteiger partial charge in [-0.25, -0.2) is 0 Å². The number of rotatable bonds is 5. The fourth-order valence-electron chi connectivity index (χ4n) is 2.37. The zero-order chi connectivity index (χ0) is 16.5. The van der Waals surface area contributed by atoms with Crippen LogP contribution in [0.5, 0.6) is 0 Å². The third kappa shape index (κ3) is 4.70. The summed E-state index contributed by atoms with van der Waals surface area (Å²) >= 11 is 0. The minimum atomic E-state index is 0.634. The van der Waals surface area contributed by atoms with E-state index in [1.807, 2.05) is 73.7 Å². The maximum absolute atomic E-state index is 9.42. The van der Waals surface area contributed by atoms with Crippen molar-refractivity contribution in [2.24, 2.45) is 0 Å². The molecule has 2 heteroatoms. The molecule has 2 nitrogen and oxygen atoms in total. The first-order valence-corrected chi connectivity index (χ1v) is 7.55. The summed E-state index contributed by atoms with van der Waals surface area (Å²) in [5.74, 6) is 0. The van der Waals surface area contributed by atoms with Gasteiger partial charge in [-0.1, -0.05) is 66.2 Å². The Hall–Kier alpha value is -3.10. The van der Waals surface area contributed by atoms with Crippen LogP contribution < -0.4 is 0 Å². The van der Waals surface area contributed by atoms with E-state index >= 15 is 0 Å². The highest BCUT2D eigenvalue weighted by molar-refractivity contribution is 5.79. The van der Waals surface area contributed by atoms with Gasteiger partial charge < -0.3 is 0 Å². The summed E-state index contributed by atoms with van der Waals surface area (Å²) in [7, 11) is 0. The SMILES string of the molecule is CC(CCC(C#N)=Cc1ccccc1)=C(C#N)c1ccccc1. The second-order valence-corrected chi connectivity index (χ2v) is 5.33. The Balaban J connectivity index is 2.15. The lowest BCUT2D eigenvalue weighted by Crippen LogP contribution is -1.89. The van der Waals surface area contributed by atoms with Crippen molar-refractivity contribution in [3.05, 3.63) is 82.9 Å². The molecule has 0 unspecified atom stereocenters. The quantitative estimate of drug-likeness (QED) is 0.696. The van der Waals surface area contributed by atoms with Gasteiger partial charge in [0.1, 0.15) is 0 Å². The van der Waals surface area contributed by atoms with E-state index in [0.717, 1.165) is 22.3 Å². The highest BCUT2D eigenvalue weighted by Gasteiger charge is 2.06. The molecule has 0 atom stereocenters. The molecule has 0 radical (unpaired) electrons. The Morgan fingerprint density at radius 2 is 1.48 bits per heavy atom. The summed E-state index contributed by atoms with van der Waals surface area (Å²) in [6, 6.07) is 24.0. The Bertz CT molecular complexity index is 785. The molecule has 0 aliphatic carbocycles. The molecule has 0 amide bonds. The Morgan fingerprint density at radius 1 is 0.870 bits per heavy atom. The molecular weight excluding hydrogens is 280 g/mol. The molecule has 0 aliphatic heterocycles. The van der Waals surface area contributed by atoms with Gasteiger partial charge in [0.05, 0.1) is 17.7 Å². The lowest BCUT2D eigenvalue weighted by molar-refractivity contribution is 0.957. The van der Waals surface area contributed by atoms with Gasteiger partial charge in [0.15, 0.2) is 0 Å². The van der Waals surface area contributed by atoms with E-state index in [-0.39, 0.29) is 0 Å². The summed E-state index contributed by atoms with van der Waals surface area (Å²) in [4.78, 5) is 0. The maximum Gasteiger partial charge on any atom is 0.0997 e. The lowest BCUT2D eigenvalue weighted by Gasteiger charge is -2.06. The second kappa shape index (κ2) is 8.37. The second-order valence-electron chi connectivity index (χ2n) is 5.33. The minimum Gasteiger partial charge on any atom is -0.193 e. The van der Waals surface area contributed by atoms with Crippen LogP contribution in [0.4, 0.5) is 0 Å². The maximum atomic E-state index is 9.42. The fraction of sp³-hybridized carbons (Fsp3) is 0.143. The van der Waals surface area contributed by atoms with Crippen LogP contribution in [0.1, 0.15) is 30.9 Å². The summed E-state index contributed by atoms with van der Waals surface area (Å²) in [6.45, 7) is 1.96. The predicted octanol–water partition coefficient (Wildman–Crippen LogP) is 5.37. The molecule has 112 valence electrons. The van der Waals surface area contributed by atoms with Crippen molar-refractivity contribution in [3.8, 4) is 12.1 Å². The highest BCUT2D eigenvalue weighted by Crippen LogP contribution is 2.23. The number of hydrogen-bond donors (Lipinski definition) is 0. The average molecular weight is 298 g/mol. The third-order valence-electron chi connectivity index (χ3n) is 3.65. The molecule has 2 aromatic carbocycles. The summed E-state index contributed by atoms with van der Waals surface area (Å²) in [5.41, 5.74) is 4.38. The van der Waals surface area contributed by atoms with Gasteiger partial charge in [0.25, 0.3) is 0 Å². The zero-order valence-corrected chi connectivity index (χ0v) is 13.2. The van der Waals surface area contributed by atoms with Crippen LogP contribution in [-0.4, -0.2) is 0 Å². The largest absolute Gasteiger partial charge is 0.193 e. The van der Waals surface area contributed by atoms with Crippen molar-refractivity contribution in [1.82, 2.24) is 0 Å². The average Bonchev–Trinajstić information content (AvgIpc) is 2.61. The summed E-state index contributed by atoms with van der Waals surface area (Å²) < 4.78 is 0. The molecule has 0 saturated carbocycles. The van der Waals surface area contributed by atoms with Crippen molar-refractivity contribution >= 4 is 11.6 Å². The third-order valence-corrected chi connectivity index (χ3v) is 3.65. The van der Waals surface area contributed by atoms with Crippen LogP contribution in [0, 0.1) is 22.7 Å². The molecule has 2 rings (SSSR count). The van der Waals surface area contributed by atoms with E-state index in [1.165, 1.54) is 0 Å². The van der Waals surface area contributed by atoms with E-state index in [2.05, 4.69) is 12.1 Å². The number of allylic oxidation sites excluding steroid dienone is 3. The van der Waals surface area contributed by atoms with Gasteiger partial charge in [-0.3, -0.25) is 0 Å². The van der Waals surface area contributed by atoms with E-state index in [1.54, 1.807) is 0 Å². The van der Waals surface area contributed by atoms with Gasteiger partial charge >= 0.3 is 0 Å². The number of nitriles is 2. The molecule has 2 aromatic rings. The molecular formula is C21H18N2. The van der Waals surface area contributed by atoms with Crippen molar-refractivity contribution in [3.63, 3.8) is 0 Å². The van der Waals surface area contributed by atoms with Gasteiger partial charge in [-0.2, -0.15) is 10.5 Å². The fourth-order valence-corrected chi connectivity index (χ4v) is 2.37. The van der Waals surface area contributed by atoms with Gasteiger partial charge in [-0.05, 0) is 37.0 Å². The Morgan fingerprint density at radius 3 is 2.04 bits per heavy atom. The molecule has 0 aliphatic rings. The van der Waals surface area contributed by atoms with Gasteiger partial charge in [-0.15, -0.1) is 0 Å².